The van der Waals surface area contributed by atoms with E-state index in [0.29, 0.717) is 23.1 Å². The predicted octanol–water partition coefficient (Wildman–Crippen LogP) is 3.54. The van der Waals surface area contributed by atoms with Crippen molar-refractivity contribution in [3.8, 4) is 0 Å². The van der Waals surface area contributed by atoms with Crippen LogP contribution in [0.3, 0.4) is 0 Å². The zero-order chi connectivity index (χ0) is 17.0. The first kappa shape index (κ1) is 16.4. The average molecular weight is 307 g/mol. The molecule has 2 aromatic rings. The highest BCUT2D eigenvalue weighted by Crippen LogP contribution is 2.24. The molecule has 2 aromatic carbocycles. The van der Waals surface area contributed by atoms with Gasteiger partial charge in [0.25, 0.3) is 0 Å². The van der Waals surface area contributed by atoms with Crippen molar-refractivity contribution in [3.63, 3.8) is 0 Å². The summed E-state index contributed by atoms with van der Waals surface area (Å²) in [6.45, 7) is 3.56. The molecule has 0 unspecified atom stereocenters. The number of benzene rings is 2. The number of nitrogen functional groups attached to an aromatic ring is 1. The number of nitrogens with one attached hydrogen (secondary N) is 2. The normalized spacial score (nSPS) is 11.2. The van der Waals surface area contributed by atoms with Crippen molar-refractivity contribution in [2.24, 2.45) is 4.99 Å². The summed E-state index contributed by atoms with van der Waals surface area (Å²) in [5, 5.41) is 16.6. The Morgan fingerprint density at radius 1 is 1.00 bits per heavy atom. The Balaban J connectivity index is 2.54. The Bertz CT molecular complexity index is 759. The minimum Gasteiger partial charge on any atom is -0.399 e. The zero-order valence-corrected chi connectivity index (χ0v) is 13.6. The number of amidine groups is 2. The van der Waals surface area contributed by atoms with Crippen molar-refractivity contribution >= 4 is 28.8 Å². The summed E-state index contributed by atoms with van der Waals surface area (Å²) in [5.41, 5.74) is 9.06. The molecule has 0 saturated carbocycles. The summed E-state index contributed by atoms with van der Waals surface area (Å²) in [5.74, 6) is 1.06. The van der Waals surface area contributed by atoms with E-state index in [9.17, 15) is 0 Å². The lowest BCUT2D eigenvalue weighted by Crippen LogP contribution is -2.34. The molecule has 0 bridgehead atoms. The van der Waals surface area contributed by atoms with Gasteiger partial charge < -0.3 is 5.73 Å². The molecule has 0 aliphatic rings. The topological polar surface area (TPSA) is 89.3 Å². The largest absolute Gasteiger partial charge is 0.399 e. The van der Waals surface area contributed by atoms with Crippen molar-refractivity contribution < 1.29 is 0 Å². The minimum absolute atomic E-state index is 0.352. The highest BCUT2D eigenvalue weighted by Gasteiger charge is 2.18. The molecule has 2 rings (SSSR count). The van der Waals surface area contributed by atoms with E-state index in [0.717, 1.165) is 16.8 Å². The fourth-order valence-corrected chi connectivity index (χ4v) is 2.38. The molecule has 0 aromatic heterocycles. The molecule has 4 N–H and O–H groups in total. The van der Waals surface area contributed by atoms with E-state index in [4.69, 9.17) is 16.6 Å². The predicted molar refractivity (Wildman–Crippen MR) is 98.1 cm³/mol. The molecule has 0 saturated heterocycles. The van der Waals surface area contributed by atoms with Crippen LogP contribution in [0.25, 0.3) is 0 Å². The third-order valence-corrected chi connectivity index (χ3v) is 3.60. The Labute approximate surface area is 136 Å². The van der Waals surface area contributed by atoms with E-state index in [-0.39, 0.29) is 0 Å². The van der Waals surface area contributed by atoms with E-state index in [1.807, 2.05) is 43.3 Å². The molecular formula is C18H21N5. The highest BCUT2D eigenvalue weighted by atomic mass is 15.2. The molecule has 118 valence electrons. The highest BCUT2D eigenvalue weighted by molar-refractivity contribution is 6.22. The first-order chi connectivity index (χ1) is 11.0. The summed E-state index contributed by atoms with van der Waals surface area (Å²) in [4.78, 5) is 5.92. The van der Waals surface area contributed by atoms with Gasteiger partial charge in [-0.15, -0.1) is 0 Å². The van der Waals surface area contributed by atoms with Crippen molar-refractivity contribution in [1.29, 1.82) is 10.8 Å². The monoisotopic (exact) mass is 307 g/mol. The second kappa shape index (κ2) is 6.87. The van der Waals surface area contributed by atoms with Crippen LogP contribution in [0.1, 0.15) is 25.0 Å². The molecule has 5 nitrogen and oxygen atoms in total. The fraction of sp³-hybridized carbons (Fsp3) is 0.167. The van der Waals surface area contributed by atoms with Crippen LogP contribution in [-0.2, 0) is 0 Å². The molecule has 0 amide bonds. The molecular weight excluding hydrogens is 286 g/mol. The summed E-state index contributed by atoms with van der Waals surface area (Å²) in [6, 6.07) is 14.8. The van der Waals surface area contributed by atoms with Crippen LogP contribution in [0.15, 0.2) is 53.5 Å². The molecule has 0 radical (unpaired) electrons. The number of anilines is 2. The Hall–Kier alpha value is -2.95. The Kier molecular flexibility index (Phi) is 4.91. The van der Waals surface area contributed by atoms with Crippen LogP contribution in [0.5, 0.6) is 0 Å². The third kappa shape index (κ3) is 3.45. The van der Waals surface area contributed by atoms with E-state index in [1.54, 1.807) is 31.0 Å². The van der Waals surface area contributed by atoms with Crippen LogP contribution in [0.2, 0.25) is 0 Å². The molecule has 0 atom stereocenters. The van der Waals surface area contributed by atoms with Gasteiger partial charge in [-0.3, -0.25) is 20.7 Å². The van der Waals surface area contributed by atoms with Gasteiger partial charge in [-0.1, -0.05) is 30.3 Å². The fourth-order valence-electron chi connectivity index (χ4n) is 2.38. The number of nitrogens with two attached hydrogens (primary N) is 1. The van der Waals surface area contributed by atoms with E-state index in [1.165, 1.54) is 0 Å². The zero-order valence-electron chi connectivity index (χ0n) is 13.6. The van der Waals surface area contributed by atoms with Crippen LogP contribution >= 0.6 is 0 Å². The number of aliphatic imine (C=N–C) groups is 1. The maximum Gasteiger partial charge on any atom is 0.105 e. The Morgan fingerprint density at radius 2 is 1.61 bits per heavy atom. The molecule has 0 fully saturated rings. The van der Waals surface area contributed by atoms with Crippen molar-refractivity contribution in [2.45, 2.75) is 13.8 Å². The van der Waals surface area contributed by atoms with Gasteiger partial charge in [0.15, 0.2) is 0 Å². The first-order valence-electron chi connectivity index (χ1n) is 7.28. The smallest absolute Gasteiger partial charge is 0.105 e. The van der Waals surface area contributed by atoms with Crippen LogP contribution in [0, 0.1) is 10.8 Å². The first-order valence-corrected chi connectivity index (χ1v) is 7.28. The van der Waals surface area contributed by atoms with Crippen LogP contribution in [0.4, 0.5) is 11.4 Å². The van der Waals surface area contributed by atoms with Crippen LogP contribution < -0.4 is 10.6 Å². The van der Waals surface area contributed by atoms with Crippen molar-refractivity contribution in [1.82, 2.24) is 0 Å². The van der Waals surface area contributed by atoms with Gasteiger partial charge in [0.2, 0.25) is 0 Å². The standard InChI is InChI=1S/C18H21N5/c1-12(19)23(13(2)22-3)17-7-5-4-6-16(17)18(21)14-8-10-15(20)11-9-14/h4-11,19,21H,20H2,1-3H3. The number of hydrogen-bond acceptors (Lipinski definition) is 4. The molecule has 0 heterocycles. The minimum atomic E-state index is 0.352. The van der Waals surface area contributed by atoms with Crippen molar-refractivity contribution in [2.75, 3.05) is 17.7 Å². The summed E-state index contributed by atoms with van der Waals surface area (Å²) >= 11 is 0. The lowest BCUT2D eigenvalue weighted by Gasteiger charge is -2.25. The summed E-state index contributed by atoms with van der Waals surface area (Å²) in [6.07, 6.45) is 0. The lowest BCUT2D eigenvalue weighted by molar-refractivity contribution is 1.26. The molecule has 23 heavy (non-hydrogen) atoms. The SMILES string of the molecule is CN=C(C)N(C(C)=N)c1ccccc1C(=N)c1ccc(N)cc1. The molecule has 0 spiro atoms. The average Bonchev–Trinajstić information content (AvgIpc) is 2.55. The van der Waals surface area contributed by atoms with Crippen LogP contribution in [-0.4, -0.2) is 24.4 Å². The second-order valence-corrected chi connectivity index (χ2v) is 5.21. The third-order valence-electron chi connectivity index (χ3n) is 3.60. The number of rotatable bonds is 3. The van der Waals surface area contributed by atoms with Gasteiger partial charge in [-0.2, -0.15) is 0 Å². The molecule has 5 heteroatoms. The van der Waals surface area contributed by atoms with Gasteiger partial charge in [0, 0.05) is 23.9 Å². The van der Waals surface area contributed by atoms with Gasteiger partial charge in [-0.05, 0) is 32.0 Å². The maximum absolute atomic E-state index is 8.54. The second-order valence-electron chi connectivity index (χ2n) is 5.21. The van der Waals surface area contributed by atoms with Crippen molar-refractivity contribution in [3.05, 3.63) is 59.7 Å². The van der Waals surface area contributed by atoms with Gasteiger partial charge >= 0.3 is 0 Å². The van der Waals surface area contributed by atoms with Gasteiger partial charge in [0.05, 0.1) is 11.4 Å². The molecule has 0 aliphatic heterocycles. The number of hydrogen-bond donors (Lipinski definition) is 3. The lowest BCUT2D eigenvalue weighted by atomic mass is 9.99. The van der Waals surface area contributed by atoms with Gasteiger partial charge in [-0.25, -0.2) is 0 Å². The number of para-hydroxylation sites is 1. The number of nitrogens with zero attached hydrogens (tertiary/aromatic N) is 2. The van der Waals surface area contributed by atoms with E-state index in [2.05, 4.69) is 4.99 Å². The Morgan fingerprint density at radius 3 is 2.17 bits per heavy atom. The van der Waals surface area contributed by atoms with Gasteiger partial charge in [0.1, 0.15) is 11.7 Å². The summed E-state index contributed by atoms with van der Waals surface area (Å²) in [7, 11) is 1.69. The maximum atomic E-state index is 8.54. The summed E-state index contributed by atoms with van der Waals surface area (Å²) < 4.78 is 0. The quantitative estimate of drug-likeness (QED) is 0.460. The molecule has 0 aliphatic carbocycles. The van der Waals surface area contributed by atoms with E-state index < -0.39 is 0 Å². The van der Waals surface area contributed by atoms with E-state index >= 15 is 0 Å².